The molecule has 0 aliphatic heterocycles. The second-order valence-electron chi connectivity index (χ2n) is 3.89. The molecule has 0 radical (unpaired) electrons. The van der Waals surface area contributed by atoms with Crippen LogP contribution in [-0.2, 0) is 12.8 Å². The second kappa shape index (κ2) is 4.84. The van der Waals surface area contributed by atoms with E-state index < -0.39 is 0 Å². The molecule has 1 aromatic rings. The fourth-order valence-corrected chi connectivity index (χ4v) is 2.01. The minimum Gasteiger partial charge on any atom is -0.493 e. The van der Waals surface area contributed by atoms with Crippen LogP contribution >= 0.6 is 0 Å². The summed E-state index contributed by atoms with van der Waals surface area (Å²) in [6.07, 6.45) is 5.42. The van der Waals surface area contributed by atoms with Gasteiger partial charge >= 0.3 is 0 Å². The van der Waals surface area contributed by atoms with Gasteiger partial charge in [-0.05, 0) is 48.9 Å². The van der Waals surface area contributed by atoms with E-state index in [1.54, 1.807) is 0 Å². The third-order valence-electron chi connectivity index (χ3n) is 2.80. The number of hydrogen-bond donors (Lipinski definition) is 0. The molecule has 1 aromatic carbocycles. The lowest BCUT2D eigenvalue weighted by atomic mass is 9.92. The quantitative estimate of drug-likeness (QED) is 0.704. The Morgan fingerprint density at radius 3 is 2.80 bits per heavy atom. The van der Waals surface area contributed by atoms with Crippen LogP contribution < -0.4 is 4.74 Å². The third kappa shape index (κ3) is 2.50. The molecule has 2 heteroatoms. The first-order chi connectivity index (χ1) is 7.40. The first-order valence-electron chi connectivity index (χ1n) is 5.52. The fourth-order valence-electron chi connectivity index (χ4n) is 2.01. The molecule has 78 valence electrons. The molecule has 0 aromatic heterocycles. The fraction of sp³-hybridized carbons (Fsp3) is 0.462. The van der Waals surface area contributed by atoms with Crippen LogP contribution in [0.15, 0.2) is 18.2 Å². The average Bonchev–Trinajstić information content (AvgIpc) is 2.29. The van der Waals surface area contributed by atoms with Gasteiger partial charge in [-0.2, -0.15) is 5.26 Å². The number of nitrogens with zero attached hydrogens (tertiary/aromatic N) is 1. The number of nitriles is 1. The molecule has 2 nitrogen and oxygen atoms in total. The Bertz CT molecular complexity index is 379. The topological polar surface area (TPSA) is 33.0 Å². The SMILES string of the molecule is N#CCCOc1ccc2c(c1)CCCC2. The summed E-state index contributed by atoms with van der Waals surface area (Å²) in [7, 11) is 0. The number of hydrogen-bond acceptors (Lipinski definition) is 2. The molecule has 0 fully saturated rings. The van der Waals surface area contributed by atoms with E-state index in [0.29, 0.717) is 13.0 Å². The van der Waals surface area contributed by atoms with Gasteiger partial charge in [-0.3, -0.25) is 0 Å². The van der Waals surface area contributed by atoms with Gasteiger partial charge in [-0.15, -0.1) is 0 Å². The molecule has 0 saturated heterocycles. The van der Waals surface area contributed by atoms with Crippen molar-refractivity contribution in [2.45, 2.75) is 32.1 Å². The van der Waals surface area contributed by atoms with E-state index in [1.807, 2.05) is 6.07 Å². The lowest BCUT2D eigenvalue weighted by Crippen LogP contribution is -2.03. The Kier molecular flexibility index (Phi) is 3.24. The maximum absolute atomic E-state index is 8.41. The molecule has 0 bridgehead atoms. The lowest BCUT2D eigenvalue weighted by Gasteiger charge is -2.16. The van der Waals surface area contributed by atoms with Gasteiger partial charge in [0.1, 0.15) is 12.4 Å². The summed E-state index contributed by atoms with van der Waals surface area (Å²) in [5, 5.41) is 8.41. The van der Waals surface area contributed by atoms with Crippen molar-refractivity contribution < 1.29 is 4.74 Å². The highest BCUT2D eigenvalue weighted by Gasteiger charge is 2.09. The molecule has 1 aliphatic rings. The molecule has 0 atom stereocenters. The van der Waals surface area contributed by atoms with Gasteiger partial charge in [0.2, 0.25) is 0 Å². The number of rotatable bonds is 3. The molecule has 15 heavy (non-hydrogen) atoms. The van der Waals surface area contributed by atoms with Crippen LogP contribution in [-0.4, -0.2) is 6.61 Å². The van der Waals surface area contributed by atoms with E-state index in [4.69, 9.17) is 10.00 Å². The van der Waals surface area contributed by atoms with Crippen molar-refractivity contribution in [3.05, 3.63) is 29.3 Å². The number of benzene rings is 1. The predicted molar refractivity (Wildman–Crippen MR) is 58.8 cm³/mol. The second-order valence-corrected chi connectivity index (χ2v) is 3.89. The molecule has 0 spiro atoms. The predicted octanol–water partition coefficient (Wildman–Crippen LogP) is 2.86. The van der Waals surface area contributed by atoms with E-state index >= 15 is 0 Å². The highest BCUT2D eigenvalue weighted by atomic mass is 16.5. The number of ether oxygens (including phenoxy) is 1. The molecule has 0 saturated carbocycles. The van der Waals surface area contributed by atoms with Crippen molar-refractivity contribution in [2.75, 3.05) is 6.61 Å². The monoisotopic (exact) mass is 201 g/mol. The summed E-state index contributed by atoms with van der Waals surface area (Å²) >= 11 is 0. The van der Waals surface area contributed by atoms with E-state index in [2.05, 4.69) is 18.2 Å². The Morgan fingerprint density at radius 2 is 2.00 bits per heavy atom. The van der Waals surface area contributed by atoms with E-state index in [9.17, 15) is 0 Å². The zero-order valence-electron chi connectivity index (χ0n) is 8.83. The lowest BCUT2D eigenvalue weighted by molar-refractivity contribution is 0.326. The molecule has 0 N–H and O–H groups in total. The summed E-state index contributed by atoms with van der Waals surface area (Å²) in [5.41, 5.74) is 2.89. The zero-order valence-corrected chi connectivity index (χ0v) is 8.83. The maximum Gasteiger partial charge on any atom is 0.119 e. The molecule has 0 amide bonds. The van der Waals surface area contributed by atoms with Crippen LogP contribution in [0, 0.1) is 11.3 Å². The first-order valence-corrected chi connectivity index (χ1v) is 5.52. The van der Waals surface area contributed by atoms with Gasteiger partial charge in [0.15, 0.2) is 0 Å². The highest BCUT2D eigenvalue weighted by molar-refractivity contribution is 5.37. The van der Waals surface area contributed by atoms with Crippen LogP contribution in [0.1, 0.15) is 30.4 Å². The summed E-state index contributed by atoms with van der Waals surface area (Å²) in [5.74, 6) is 0.908. The summed E-state index contributed by atoms with van der Waals surface area (Å²) < 4.78 is 5.49. The van der Waals surface area contributed by atoms with Gasteiger partial charge < -0.3 is 4.74 Å². The molecule has 0 heterocycles. The van der Waals surface area contributed by atoms with Crippen LogP contribution in [0.4, 0.5) is 0 Å². The smallest absolute Gasteiger partial charge is 0.119 e. The van der Waals surface area contributed by atoms with Crippen molar-refractivity contribution >= 4 is 0 Å². The number of aryl methyl sites for hydroxylation is 2. The maximum atomic E-state index is 8.41. The van der Waals surface area contributed by atoms with Crippen molar-refractivity contribution in [1.82, 2.24) is 0 Å². The third-order valence-corrected chi connectivity index (χ3v) is 2.80. The Hall–Kier alpha value is -1.49. The first kappa shape index (κ1) is 10.0. The van der Waals surface area contributed by atoms with Crippen molar-refractivity contribution in [2.24, 2.45) is 0 Å². The highest BCUT2D eigenvalue weighted by Crippen LogP contribution is 2.25. The minimum absolute atomic E-state index is 0.455. The van der Waals surface area contributed by atoms with Crippen LogP contribution in [0.25, 0.3) is 0 Å². The largest absolute Gasteiger partial charge is 0.493 e. The molecule has 0 unspecified atom stereocenters. The zero-order chi connectivity index (χ0) is 10.5. The van der Waals surface area contributed by atoms with E-state index in [-0.39, 0.29) is 0 Å². The van der Waals surface area contributed by atoms with Crippen molar-refractivity contribution in [3.8, 4) is 11.8 Å². The Balaban J connectivity index is 2.04. The molecule has 1 aliphatic carbocycles. The van der Waals surface area contributed by atoms with Crippen molar-refractivity contribution in [1.29, 1.82) is 5.26 Å². The normalized spacial score (nSPS) is 14.1. The molecular weight excluding hydrogens is 186 g/mol. The minimum atomic E-state index is 0.455. The summed E-state index contributed by atoms with van der Waals surface area (Å²) in [6.45, 7) is 0.495. The van der Waals surface area contributed by atoms with Crippen LogP contribution in [0.5, 0.6) is 5.75 Å². The van der Waals surface area contributed by atoms with Crippen LogP contribution in [0.2, 0.25) is 0 Å². The summed E-state index contributed by atoms with van der Waals surface area (Å²) in [4.78, 5) is 0. The van der Waals surface area contributed by atoms with Gasteiger partial charge in [-0.1, -0.05) is 6.07 Å². The number of fused-ring (bicyclic) bond motifs is 1. The Labute approximate surface area is 90.5 Å². The molecular formula is C13H15NO. The van der Waals surface area contributed by atoms with Gasteiger partial charge in [0.05, 0.1) is 12.5 Å². The standard InChI is InChI=1S/C13H15NO/c14-8-3-9-15-13-7-6-11-4-1-2-5-12(11)10-13/h6-7,10H,1-5,9H2. The van der Waals surface area contributed by atoms with E-state index in [0.717, 1.165) is 5.75 Å². The van der Waals surface area contributed by atoms with Gasteiger partial charge in [0, 0.05) is 0 Å². The molecule has 2 rings (SSSR count). The van der Waals surface area contributed by atoms with Gasteiger partial charge in [0.25, 0.3) is 0 Å². The van der Waals surface area contributed by atoms with Crippen LogP contribution in [0.3, 0.4) is 0 Å². The average molecular weight is 201 g/mol. The van der Waals surface area contributed by atoms with Gasteiger partial charge in [-0.25, -0.2) is 0 Å². The Morgan fingerprint density at radius 1 is 1.20 bits per heavy atom. The van der Waals surface area contributed by atoms with E-state index in [1.165, 1.54) is 36.8 Å². The van der Waals surface area contributed by atoms with Crippen molar-refractivity contribution in [3.63, 3.8) is 0 Å². The summed E-state index contributed by atoms with van der Waals surface area (Å²) in [6, 6.07) is 8.38.